The predicted octanol–water partition coefficient (Wildman–Crippen LogP) is 2.39. The standard InChI is InChI=1S/C13H27NO2S/c1-5-17(15,16)10-8-13(4)7-6-9-14-11-12(2)3/h7,12,14H,5-6,8-11H2,1-4H3. The van der Waals surface area contributed by atoms with Crippen LogP contribution in [0.2, 0.25) is 0 Å². The average Bonchev–Trinajstić information content (AvgIpc) is 2.26. The van der Waals surface area contributed by atoms with Gasteiger partial charge in [0.25, 0.3) is 0 Å². The third-order valence-corrected chi connectivity index (χ3v) is 4.32. The maximum Gasteiger partial charge on any atom is 0.150 e. The summed E-state index contributed by atoms with van der Waals surface area (Å²) in [4.78, 5) is 0. The van der Waals surface area contributed by atoms with E-state index < -0.39 is 9.84 Å². The SMILES string of the molecule is CCS(=O)(=O)CCC(C)=CCCNCC(C)C. The van der Waals surface area contributed by atoms with Crippen LogP contribution in [-0.2, 0) is 9.84 Å². The van der Waals surface area contributed by atoms with Gasteiger partial charge >= 0.3 is 0 Å². The zero-order chi connectivity index (χ0) is 13.3. The van der Waals surface area contributed by atoms with E-state index in [1.807, 2.05) is 6.92 Å². The zero-order valence-electron chi connectivity index (χ0n) is 11.6. The van der Waals surface area contributed by atoms with Gasteiger partial charge in [0.1, 0.15) is 9.84 Å². The maximum atomic E-state index is 11.3. The molecule has 0 bridgehead atoms. The molecular weight excluding hydrogens is 234 g/mol. The molecule has 0 heterocycles. The normalized spacial score (nSPS) is 13.4. The summed E-state index contributed by atoms with van der Waals surface area (Å²) < 4.78 is 22.6. The van der Waals surface area contributed by atoms with Crippen LogP contribution in [0.5, 0.6) is 0 Å². The highest BCUT2D eigenvalue weighted by Crippen LogP contribution is 2.04. The molecule has 0 atom stereocenters. The van der Waals surface area contributed by atoms with Gasteiger partial charge in [-0.25, -0.2) is 8.42 Å². The largest absolute Gasteiger partial charge is 0.316 e. The molecule has 0 saturated carbocycles. The van der Waals surface area contributed by atoms with Gasteiger partial charge in [-0.2, -0.15) is 0 Å². The Morgan fingerprint density at radius 2 is 2.00 bits per heavy atom. The smallest absolute Gasteiger partial charge is 0.150 e. The minimum absolute atomic E-state index is 0.246. The van der Waals surface area contributed by atoms with Crippen LogP contribution in [0.3, 0.4) is 0 Å². The Morgan fingerprint density at radius 3 is 2.53 bits per heavy atom. The lowest BCUT2D eigenvalue weighted by molar-refractivity contribution is 0.556. The fourth-order valence-electron chi connectivity index (χ4n) is 1.37. The van der Waals surface area contributed by atoms with Crippen LogP contribution < -0.4 is 5.32 Å². The topological polar surface area (TPSA) is 46.2 Å². The second-order valence-corrected chi connectivity index (χ2v) is 7.40. The fraction of sp³-hybridized carbons (Fsp3) is 0.846. The highest BCUT2D eigenvalue weighted by atomic mass is 32.2. The molecule has 0 aromatic rings. The Morgan fingerprint density at radius 1 is 1.35 bits per heavy atom. The summed E-state index contributed by atoms with van der Waals surface area (Å²) in [6.45, 7) is 10.1. The van der Waals surface area contributed by atoms with Crippen molar-refractivity contribution in [1.29, 1.82) is 0 Å². The van der Waals surface area contributed by atoms with Crippen molar-refractivity contribution in [3.05, 3.63) is 11.6 Å². The van der Waals surface area contributed by atoms with Crippen LogP contribution in [-0.4, -0.2) is 33.0 Å². The van der Waals surface area contributed by atoms with Gasteiger partial charge in [-0.1, -0.05) is 32.4 Å². The summed E-state index contributed by atoms with van der Waals surface area (Å²) in [6, 6.07) is 0. The summed E-state index contributed by atoms with van der Waals surface area (Å²) in [6.07, 6.45) is 3.78. The van der Waals surface area contributed by atoms with E-state index >= 15 is 0 Å². The van der Waals surface area contributed by atoms with Crippen molar-refractivity contribution in [2.45, 2.75) is 40.5 Å². The highest BCUT2D eigenvalue weighted by molar-refractivity contribution is 7.91. The second kappa shape index (κ2) is 8.70. The maximum absolute atomic E-state index is 11.3. The average molecular weight is 261 g/mol. The molecule has 17 heavy (non-hydrogen) atoms. The van der Waals surface area contributed by atoms with Crippen molar-refractivity contribution in [2.75, 3.05) is 24.6 Å². The molecule has 0 spiro atoms. The van der Waals surface area contributed by atoms with Crippen molar-refractivity contribution in [1.82, 2.24) is 5.32 Å². The van der Waals surface area contributed by atoms with Crippen molar-refractivity contribution in [3.8, 4) is 0 Å². The van der Waals surface area contributed by atoms with E-state index in [4.69, 9.17) is 0 Å². The number of hydrogen-bond donors (Lipinski definition) is 1. The van der Waals surface area contributed by atoms with Gasteiger partial charge < -0.3 is 5.32 Å². The Balaban J connectivity index is 3.73. The molecular formula is C13H27NO2S. The quantitative estimate of drug-likeness (QED) is 0.512. The van der Waals surface area contributed by atoms with Gasteiger partial charge in [-0.3, -0.25) is 0 Å². The van der Waals surface area contributed by atoms with Crippen LogP contribution in [0, 0.1) is 5.92 Å². The number of hydrogen-bond acceptors (Lipinski definition) is 3. The summed E-state index contributed by atoms with van der Waals surface area (Å²) in [7, 11) is -2.82. The highest BCUT2D eigenvalue weighted by Gasteiger charge is 2.06. The van der Waals surface area contributed by atoms with Crippen LogP contribution in [0.4, 0.5) is 0 Å². The molecule has 0 aromatic heterocycles. The Hall–Kier alpha value is -0.350. The Bertz CT molecular complexity index is 318. The summed E-state index contributed by atoms with van der Waals surface area (Å²) in [5.74, 6) is 1.20. The molecule has 4 heteroatoms. The number of rotatable bonds is 9. The molecule has 1 N–H and O–H groups in total. The number of nitrogens with one attached hydrogen (secondary N) is 1. The number of allylic oxidation sites excluding steroid dienone is 1. The molecule has 0 rings (SSSR count). The van der Waals surface area contributed by atoms with Gasteiger partial charge in [0.15, 0.2) is 0 Å². The monoisotopic (exact) mass is 261 g/mol. The first-order chi connectivity index (χ1) is 7.87. The first-order valence-corrected chi connectivity index (χ1v) is 8.26. The first kappa shape index (κ1) is 16.6. The van der Waals surface area contributed by atoms with Gasteiger partial charge in [0.05, 0.1) is 5.75 Å². The van der Waals surface area contributed by atoms with Crippen LogP contribution in [0.1, 0.15) is 40.5 Å². The molecule has 0 fully saturated rings. The third kappa shape index (κ3) is 10.5. The van der Waals surface area contributed by atoms with Crippen molar-refractivity contribution in [2.24, 2.45) is 5.92 Å². The van der Waals surface area contributed by atoms with E-state index in [2.05, 4.69) is 25.2 Å². The molecule has 0 aromatic carbocycles. The second-order valence-electron chi connectivity index (χ2n) is 4.92. The van der Waals surface area contributed by atoms with Gasteiger partial charge in [0, 0.05) is 5.75 Å². The fourth-order valence-corrected chi connectivity index (χ4v) is 2.30. The van der Waals surface area contributed by atoms with E-state index in [0.717, 1.165) is 19.5 Å². The number of sulfone groups is 1. The molecule has 0 aliphatic rings. The lowest BCUT2D eigenvalue weighted by Crippen LogP contribution is -2.20. The van der Waals surface area contributed by atoms with Crippen molar-refractivity contribution < 1.29 is 8.42 Å². The zero-order valence-corrected chi connectivity index (χ0v) is 12.4. The van der Waals surface area contributed by atoms with Gasteiger partial charge in [-0.15, -0.1) is 0 Å². The van der Waals surface area contributed by atoms with E-state index in [9.17, 15) is 8.42 Å². The molecule has 3 nitrogen and oxygen atoms in total. The third-order valence-electron chi connectivity index (χ3n) is 2.61. The van der Waals surface area contributed by atoms with Gasteiger partial charge in [-0.05, 0) is 38.8 Å². The van der Waals surface area contributed by atoms with Crippen LogP contribution >= 0.6 is 0 Å². The Kier molecular flexibility index (Phi) is 8.52. The van der Waals surface area contributed by atoms with Crippen molar-refractivity contribution in [3.63, 3.8) is 0 Å². The van der Waals surface area contributed by atoms with Gasteiger partial charge in [0.2, 0.25) is 0 Å². The predicted molar refractivity (Wildman–Crippen MR) is 75.0 cm³/mol. The summed E-state index contributed by atoms with van der Waals surface area (Å²) in [5, 5.41) is 3.36. The molecule has 0 unspecified atom stereocenters. The summed E-state index contributed by atoms with van der Waals surface area (Å²) >= 11 is 0. The molecule has 0 aliphatic carbocycles. The summed E-state index contributed by atoms with van der Waals surface area (Å²) in [5.41, 5.74) is 1.17. The first-order valence-electron chi connectivity index (χ1n) is 6.44. The molecule has 0 aliphatic heterocycles. The van der Waals surface area contributed by atoms with E-state index in [1.54, 1.807) is 6.92 Å². The molecule has 102 valence electrons. The van der Waals surface area contributed by atoms with E-state index in [0.29, 0.717) is 12.3 Å². The minimum Gasteiger partial charge on any atom is -0.316 e. The Labute approximate surface area is 107 Å². The van der Waals surface area contributed by atoms with Crippen LogP contribution in [0.25, 0.3) is 0 Å². The molecule has 0 amide bonds. The molecule has 0 radical (unpaired) electrons. The van der Waals surface area contributed by atoms with Crippen LogP contribution in [0.15, 0.2) is 11.6 Å². The van der Waals surface area contributed by atoms with Crippen molar-refractivity contribution >= 4 is 9.84 Å². The lowest BCUT2D eigenvalue weighted by atomic mass is 10.2. The molecule has 0 saturated heterocycles. The van der Waals surface area contributed by atoms with E-state index in [1.165, 1.54) is 5.57 Å². The lowest BCUT2D eigenvalue weighted by Gasteiger charge is -2.06. The van der Waals surface area contributed by atoms with E-state index in [-0.39, 0.29) is 11.5 Å². The minimum atomic E-state index is -2.82.